The van der Waals surface area contributed by atoms with Crippen LogP contribution in [0.25, 0.3) is 21.8 Å². The monoisotopic (exact) mass is 574 g/mol. The number of hydrogen-bond donors (Lipinski definition) is 1. The highest BCUT2D eigenvalue weighted by Crippen LogP contribution is 2.33. The van der Waals surface area contributed by atoms with E-state index < -0.39 is 13.9 Å². The second-order valence-electron chi connectivity index (χ2n) is 12.0. The fourth-order valence-corrected chi connectivity index (χ4v) is 6.88. The first-order valence-corrected chi connectivity index (χ1v) is 17.2. The molecule has 1 fully saturated rings. The maximum absolute atomic E-state index is 14.0. The van der Waals surface area contributed by atoms with Crippen molar-refractivity contribution < 1.29 is 9.22 Å². The molecule has 0 spiro atoms. The van der Waals surface area contributed by atoms with Gasteiger partial charge in [0, 0.05) is 30.2 Å². The van der Waals surface area contributed by atoms with E-state index in [9.17, 15) is 4.79 Å². The fourth-order valence-electron chi connectivity index (χ4n) is 5.08. The van der Waals surface area contributed by atoms with Crippen molar-refractivity contribution >= 4 is 53.4 Å². The molecule has 0 aliphatic heterocycles. The van der Waals surface area contributed by atoms with E-state index in [-0.39, 0.29) is 11.9 Å². The lowest BCUT2D eigenvalue weighted by Crippen LogP contribution is -2.37. The minimum Gasteiger partial charge on any atom is -0.402 e. The summed E-state index contributed by atoms with van der Waals surface area (Å²) < 4.78 is 7.95. The first-order valence-electron chi connectivity index (χ1n) is 13.4. The number of anilines is 1. The first-order chi connectivity index (χ1) is 18.7. The molecule has 5 rings (SSSR count). The minimum atomic E-state index is -1.75. The summed E-state index contributed by atoms with van der Waals surface area (Å²) in [5.74, 6) is 6.72. The standard InChI is InChI=1S/C30H35ClN6O2Si/c1-18-12-26-23(27-24(28(32)35-26)16-34-36(27)4)14-22(18)29(38)37(21-8-9-21)17-20-13-25(31)19(15-33-20)10-11-30(2,3)39-40(5,6)7/h12-16,21H,8-9,17H2,1-7H3,(H2,32,35). The lowest BCUT2D eigenvalue weighted by Gasteiger charge is -2.28. The van der Waals surface area contributed by atoms with Crippen molar-refractivity contribution in [1.82, 2.24) is 24.6 Å². The molecule has 0 radical (unpaired) electrons. The van der Waals surface area contributed by atoms with Crippen LogP contribution >= 0.6 is 11.6 Å². The zero-order valence-electron chi connectivity index (χ0n) is 24.1. The smallest absolute Gasteiger partial charge is 0.254 e. The Morgan fingerprint density at radius 1 is 1.23 bits per heavy atom. The van der Waals surface area contributed by atoms with E-state index in [1.165, 1.54) is 0 Å². The summed E-state index contributed by atoms with van der Waals surface area (Å²) in [6.07, 6.45) is 5.32. The van der Waals surface area contributed by atoms with Crippen LogP contribution in [-0.4, -0.2) is 50.5 Å². The summed E-state index contributed by atoms with van der Waals surface area (Å²) in [7, 11) is 0.112. The Labute approximate surface area is 241 Å². The molecule has 0 saturated heterocycles. The van der Waals surface area contributed by atoms with Crippen molar-refractivity contribution in [2.75, 3.05) is 5.73 Å². The van der Waals surface area contributed by atoms with Crippen LogP contribution in [0.3, 0.4) is 0 Å². The SMILES string of the molecule is Cc1cc2nc(N)c3cnn(C)c3c2cc1C(=O)N(Cc1cc(Cl)c(C#CC(C)(C)O[Si](C)(C)C)cn1)C1CC1. The summed E-state index contributed by atoms with van der Waals surface area (Å²) in [5.41, 5.74) is 10.0. The van der Waals surface area contributed by atoms with Crippen LogP contribution in [0, 0.1) is 18.8 Å². The maximum atomic E-state index is 14.0. The average molecular weight is 575 g/mol. The van der Waals surface area contributed by atoms with Crippen molar-refractivity contribution in [1.29, 1.82) is 0 Å². The molecule has 0 bridgehead atoms. The molecule has 1 saturated carbocycles. The first kappa shape index (κ1) is 28.1. The molecule has 0 unspecified atom stereocenters. The van der Waals surface area contributed by atoms with Crippen LogP contribution in [0.4, 0.5) is 5.82 Å². The Bertz CT molecular complexity index is 1710. The Morgan fingerprint density at radius 2 is 1.95 bits per heavy atom. The third-order valence-electron chi connectivity index (χ3n) is 6.83. The third kappa shape index (κ3) is 5.85. The summed E-state index contributed by atoms with van der Waals surface area (Å²) >= 11 is 6.63. The largest absolute Gasteiger partial charge is 0.402 e. The number of pyridine rings is 2. The summed E-state index contributed by atoms with van der Waals surface area (Å²) in [4.78, 5) is 25.0. The second-order valence-corrected chi connectivity index (χ2v) is 16.8. The van der Waals surface area contributed by atoms with Crippen LogP contribution in [0.5, 0.6) is 0 Å². The molecule has 1 aliphatic carbocycles. The molecule has 1 aliphatic rings. The van der Waals surface area contributed by atoms with Crippen LogP contribution in [0.2, 0.25) is 24.7 Å². The molecule has 3 heterocycles. The fraction of sp³-hybridized carbons (Fsp3) is 0.400. The van der Waals surface area contributed by atoms with Crippen LogP contribution < -0.4 is 5.73 Å². The van der Waals surface area contributed by atoms with E-state index in [0.29, 0.717) is 28.5 Å². The van der Waals surface area contributed by atoms with Gasteiger partial charge in [-0.3, -0.25) is 14.5 Å². The number of halogens is 1. The molecule has 8 nitrogen and oxygen atoms in total. The number of carbonyl (C=O) groups is 1. The maximum Gasteiger partial charge on any atom is 0.254 e. The lowest BCUT2D eigenvalue weighted by molar-refractivity contribution is 0.0727. The number of fused-ring (bicyclic) bond motifs is 3. The van der Waals surface area contributed by atoms with Gasteiger partial charge in [0.05, 0.1) is 45.4 Å². The predicted molar refractivity (Wildman–Crippen MR) is 163 cm³/mol. The van der Waals surface area contributed by atoms with Crippen molar-refractivity contribution in [3.63, 3.8) is 0 Å². The number of carbonyl (C=O) groups excluding carboxylic acids is 1. The van der Waals surface area contributed by atoms with Gasteiger partial charge < -0.3 is 15.1 Å². The summed E-state index contributed by atoms with van der Waals surface area (Å²) in [6.45, 7) is 12.6. The van der Waals surface area contributed by atoms with Crippen molar-refractivity contribution in [2.24, 2.45) is 7.05 Å². The van der Waals surface area contributed by atoms with Gasteiger partial charge in [0.25, 0.3) is 5.91 Å². The van der Waals surface area contributed by atoms with E-state index in [4.69, 9.17) is 21.8 Å². The van der Waals surface area contributed by atoms with Crippen molar-refractivity contribution in [2.45, 2.75) is 71.4 Å². The van der Waals surface area contributed by atoms with Gasteiger partial charge in [0.1, 0.15) is 11.4 Å². The topological polar surface area (TPSA) is 99.2 Å². The van der Waals surface area contributed by atoms with E-state index in [1.54, 1.807) is 23.1 Å². The van der Waals surface area contributed by atoms with Gasteiger partial charge in [-0.25, -0.2) is 4.98 Å². The van der Waals surface area contributed by atoms with Crippen LogP contribution in [-0.2, 0) is 18.0 Å². The normalized spacial score (nSPS) is 13.9. The molecular weight excluding hydrogens is 540 g/mol. The van der Waals surface area contributed by atoms with Gasteiger partial charge in [0.15, 0.2) is 8.32 Å². The number of amides is 1. The third-order valence-corrected chi connectivity index (χ3v) is 8.27. The van der Waals surface area contributed by atoms with Gasteiger partial charge in [-0.2, -0.15) is 5.10 Å². The number of hydrogen-bond acceptors (Lipinski definition) is 6. The van der Waals surface area contributed by atoms with Crippen molar-refractivity contribution in [3.05, 3.63) is 58.0 Å². The molecule has 4 aromatic rings. The van der Waals surface area contributed by atoms with Crippen molar-refractivity contribution in [3.8, 4) is 11.8 Å². The number of aryl methyl sites for hydroxylation is 2. The van der Waals surface area contributed by atoms with Gasteiger partial charge in [-0.05, 0) is 77.0 Å². The number of aromatic nitrogens is 4. The Hall–Kier alpha value is -3.45. The molecule has 10 heteroatoms. The van der Waals surface area contributed by atoms with Gasteiger partial charge >= 0.3 is 0 Å². The van der Waals surface area contributed by atoms with E-state index in [0.717, 1.165) is 45.9 Å². The molecule has 2 N–H and O–H groups in total. The predicted octanol–water partition coefficient (Wildman–Crippen LogP) is 5.85. The number of benzene rings is 1. The number of rotatable bonds is 6. The zero-order chi connectivity index (χ0) is 29.0. The van der Waals surface area contributed by atoms with Gasteiger partial charge in [0.2, 0.25) is 0 Å². The highest BCUT2D eigenvalue weighted by atomic mass is 35.5. The quantitative estimate of drug-likeness (QED) is 0.229. The van der Waals surface area contributed by atoms with E-state index in [1.807, 2.05) is 44.9 Å². The molecule has 1 amide bonds. The number of nitrogens with two attached hydrogens (primary N) is 1. The van der Waals surface area contributed by atoms with Crippen LogP contribution in [0.15, 0.2) is 30.6 Å². The summed E-state index contributed by atoms with van der Waals surface area (Å²) in [5, 5.41) is 6.48. The highest BCUT2D eigenvalue weighted by molar-refractivity contribution is 6.69. The summed E-state index contributed by atoms with van der Waals surface area (Å²) in [6, 6.07) is 5.82. The average Bonchev–Trinajstić information content (AvgIpc) is 3.61. The second kappa shape index (κ2) is 10.2. The zero-order valence-corrected chi connectivity index (χ0v) is 25.8. The molecule has 0 atom stereocenters. The molecule has 40 heavy (non-hydrogen) atoms. The number of nitrogens with zero attached hydrogens (tertiary/aromatic N) is 5. The highest BCUT2D eigenvalue weighted by Gasteiger charge is 2.34. The van der Waals surface area contributed by atoms with E-state index in [2.05, 4.69) is 46.5 Å². The molecule has 1 aromatic carbocycles. The Morgan fingerprint density at radius 3 is 2.60 bits per heavy atom. The minimum absolute atomic E-state index is 0.0407. The molecule has 208 valence electrons. The molecule has 3 aromatic heterocycles. The molecular formula is C30H35ClN6O2Si. The van der Waals surface area contributed by atoms with E-state index >= 15 is 0 Å². The Kier molecular flexibility index (Phi) is 7.15. The number of nitrogen functional groups attached to an aromatic ring is 1. The van der Waals surface area contributed by atoms with Gasteiger partial charge in [-0.15, -0.1) is 0 Å². The van der Waals surface area contributed by atoms with Gasteiger partial charge in [-0.1, -0.05) is 23.4 Å². The van der Waals surface area contributed by atoms with Crippen LogP contribution in [0.1, 0.15) is 53.9 Å². The lowest BCUT2D eigenvalue weighted by atomic mass is 10.0. The Balaban J connectivity index is 1.43.